The Kier molecular flexibility index (Phi) is 7.89. The van der Waals surface area contributed by atoms with E-state index in [1.54, 1.807) is 14.2 Å². The van der Waals surface area contributed by atoms with Crippen LogP contribution in [0.1, 0.15) is 25.8 Å². The van der Waals surface area contributed by atoms with Crippen LogP contribution in [0.5, 0.6) is 11.5 Å². The van der Waals surface area contributed by atoms with Crippen LogP contribution in [0.15, 0.2) is 18.2 Å². The van der Waals surface area contributed by atoms with Crippen LogP contribution in [-0.4, -0.2) is 51.7 Å². The van der Waals surface area contributed by atoms with E-state index in [1.807, 2.05) is 32.3 Å². The van der Waals surface area contributed by atoms with Gasteiger partial charge in [-0.3, -0.25) is 4.79 Å². The van der Waals surface area contributed by atoms with Gasteiger partial charge in [0.05, 0.1) is 20.6 Å². The second-order valence-electron chi connectivity index (χ2n) is 6.51. The summed E-state index contributed by atoms with van der Waals surface area (Å²) in [5.41, 5.74) is 0.831. The van der Waals surface area contributed by atoms with Gasteiger partial charge in [0.15, 0.2) is 0 Å². The molecule has 5 heteroatoms. The van der Waals surface area contributed by atoms with Crippen LogP contribution in [0.3, 0.4) is 0 Å². The molecule has 0 fully saturated rings. The molecule has 1 rings (SSSR count). The van der Waals surface area contributed by atoms with E-state index in [0.717, 1.165) is 24.3 Å². The van der Waals surface area contributed by atoms with Crippen LogP contribution in [0, 0.1) is 5.92 Å². The number of hydrogen-bond donors (Lipinski definition) is 1. The number of rotatable bonds is 9. The fourth-order valence-electron chi connectivity index (χ4n) is 2.66. The molecule has 0 saturated heterocycles. The molecule has 0 aromatic heterocycles. The SMILES string of the molecule is COc1ccc(OC)c(CC(=O)NC(CC(C)C)CN(C)C)c1. The summed E-state index contributed by atoms with van der Waals surface area (Å²) in [6, 6.07) is 5.65. The highest BCUT2D eigenvalue weighted by Crippen LogP contribution is 2.24. The fourth-order valence-corrected chi connectivity index (χ4v) is 2.66. The van der Waals surface area contributed by atoms with Gasteiger partial charge in [0.2, 0.25) is 5.91 Å². The molecule has 0 bridgehead atoms. The van der Waals surface area contributed by atoms with Crippen molar-refractivity contribution in [1.29, 1.82) is 0 Å². The second-order valence-corrected chi connectivity index (χ2v) is 6.51. The van der Waals surface area contributed by atoms with E-state index in [9.17, 15) is 4.79 Å². The lowest BCUT2D eigenvalue weighted by Gasteiger charge is -2.24. The zero-order chi connectivity index (χ0) is 17.4. The highest BCUT2D eigenvalue weighted by Gasteiger charge is 2.17. The predicted octanol–water partition coefficient (Wildman–Crippen LogP) is 2.34. The maximum absolute atomic E-state index is 12.4. The lowest BCUT2D eigenvalue weighted by molar-refractivity contribution is -0.121. The average Bonchev–Trinajstić information content (AvgIpc) is 2.45. The molecule has 0 aliphatic heterocycles. The van der Waals surface area contributed by atoms with Crippen molar-refractivity contribution in [1.82, 2.24) is 10.2 Å². The smallest absolute Gasteiger partial charge is 0.224 e. The number of ether oxygens (including phenoxy) is 2. The van der Waals surface area contributed by atoms with Crippen molar-refractivity contribution in [3.8, 4) is 11.5 Å². The van der Waals surface area contributed by atoms with Crippen LogP contribution in [0.25, 0.3) is 0 Å². The van der Waals surface area contributed by atoms with Gasteiger partial charge in [-0.05, 0) is 44.6 Å². The molecular weight excluding hydrogens is 292 g/mol. The summed E-state index contributed by atoms with van der Waals surface area (Å²) < 4.78 is 10.6. The molecule has 0 aliphatic rings. The number of nitrogens with zero attached hydrogens (tertiary/aromatic N) is 1. The Hall–Kier alpha value is -1.75. The first-order valence-corrected chi connectivity index (χ1v) is 8.00. The number of hydrogen-bond acceptors (Lipinski definition) is 4. The van der Waals surface area contributed by atoms with Gasteiger partial charge < -0.3 is 19.7 Å². The number of methoxy groups -OCH3 is 2. The van der Waals surface area contributed by atoms with Gasteiger partial charge in [0.25, 0.3) is 0 Å². The van der Waals surface area contributed by atoms with E-state index >= 15 is 0 Å². The molecular formula is C18H30N2O3. The first-order valence-electron chi connectivity index (χ1n) is 8.00. The molecule has 1 atom stereocenters. The molecule has 1 aromatic carbocycles. The third-order valence-corrected chi connectivity index (χ3v) is 3.55. The van der Waals surface area contributed by atoms with Crippen molar-refractivity contribution in [3.63, 3.8) is 0 Å². The summed E-state index contributed by atoms with van der Waals surface area (Å²) in [7, 11) is 7.26. The van der Waals surface area contributed by atoms with Crippen molar-refractivity contribution in [2.24, 2.45) is 5.92 Å². The van der Waals surface area contributed by atoms with E-state index in [2.05, 4.69) is 24.1 Å². The molecule has 0 aliphatic carbocycles. The first kappa shape index (κ1) is 19.3. The van der Waals surface area contributed by atoms with Crippen molar-refractivity contribution in [2.75, 3.05) is 34.9 Å². The number of benzene rings is 1. The number of nitrogens with one attached hydrogen (secondary N) is 1. The molecule has 0 spiro atoms. The highest BCUT2D eigenvalue weighted by atomic mass is 16.5. The topological polar surface area (TPSA) is 50.8 Å². The van der Waals surface area contributed by atoms with Gasteiger partial charge in [0.1, 0.15) is 11.5 Å². The van der Waals surface area contributed by atoms with Gasteiger partial charge in [-0.15, -0.1) is 0 Å². The molecule has 0 saturated carbocycles. The lowest BCUT2D eigenvalue weighted by Crippen LogP contribution is -2.43. The van der Waals surface area contributed by atoms with Crippen LogP contribution in [-0.2, 0) is 11.2 Å². The molecule has 1 N–H and O–H groups in total. The van der Waals surface area contributed by atoms with E-state index in [1.165, 1.54) is 0 Å². The van der Waals surface area contributed by atoms with Crippen molar-refractivity contribution < 1.29 is 14.3 Å². The Morgan fingerprint density at radius 2 is 1.91 bits per heavy atom. The van der Waals surface area contributed by atoms with Gasteiger partial charge in [-0.2, -0.15) is 0 Å². The minimum atomic E-state index is 0.00375. The third kappa shape index (κ3) is 6.91. The molecule has 23 heavy (non-hydrogen) atoms. The number of carbonyl (C=O) groups excluding carboxylic acids is 1. The molecule has 5 nitrogen and oxygen atoms in total. The maximum atomic E-state index is 12.4. The fraction of sp³-hybridized carbons (Fsp3) is 0.611. The van der Waals surface area contributed by atoms with Crippen LogP contribution < -0.4 is 14.8 Å². The molecule has 0 heterocycles. The normalized spacial score (nSPS) is 12.3. The highest BCUT2D eigenvalue weighted by molar-refractivity contribution is 5.79. The van der Waals surface area contributed by atoms with Crippen molar-refractivity contribution >= 4 is 5.91 Å². The lowest BCUT2D eigenvalue weighted by atomic mass is 10.0. The quantitative estimate of drug-likeness (QED) is 0.758. The summed E-state index contributed by atoms with van der Waals surface area (Å²) in [4.78, 5) is 14.5. The number of likely N-dealkylation sites (N-methyl/N-ethyl adjacent to an activating group) is 1. The van der Waals surface area contributed by atoms with Gasteiger partial charge >= 0.3 is 0 Å². The minimum absolute atomic E-state index is 0.00375. The number of carbonyl (C=O) groups is 1. The zero-order valence-electron chi connectivity index (χ0n) is 15.2. The van der Waals surface area contributed by atoms with E-state index in [-0.39, 0.29) is 18.4 Å². The van der Waals surface area contributed by atoms with Crippen molar-refractivity contribution in [2.45, 2.75) is 32.7 Å². The zero-order valence-corrected chi connectivity index (χ0v) is 15.2. The first-order chi connectivity index (χ1) is 10.8. The Morgan fingerprint density at radius 1 is 1.22 bits per heavy atom. The minimum Gasteiger partial charge on any atom is -0.497 e. The summed E-state index contributed by atoms with van der Waals surface area (Å²) in [6.07, 6.45) is 1.24. The Morgan fingerprint density at radius 3 is 2.43 bits per heavy atom. The van der Waals surface area contributed by atoms with Gasteiger partial charge in [-0.1, -0.05) is 13.8 Å². The standard InChI is InChI=1S/C18H30N2O3/c1-13(2)9-15(12-20(3)4)19-18(21)11-14-10-16(22-5)7-8-17(14)23-6/h7-8,10,13,15H,9,11-12H2,1-6H3,(H,19,21). The molecule has 130 valence electrons. The molecule has 1 unspecified atom stereocenters. The van der Waals surface area contributed by atoms with Crippen LogP contribution in [0.2, 0.25) is 0 Å². The second kappa shape index (κ2) is 9.40. The summed E-state index contributed by atoms with van der Waals surface area (Å²) in [6.45, 7) is 5.17. The average molecular weight is 322 g/mol. The number of amides is 1. The summed E-state index contributed by atoms with van der Waals surface area (Å²) in [5.74, 6) is 1.96. The van der Waals surface area contributed by atoms with Crippen molar-refractivity contribution in [3.05, 3.63) is 23.8 Å². The van der Waals surface area contributed by atoms with Crippen LogP contribution >= 0.6 is 0 Å². The molecule has 1 amide bonds. The van der Waals surface area contributed by atoms with Gasteiger partial charge in [-0.25, -0.2) is 0 Å². The van der Waals surface area contributed by atoms with E-state index in [0.29, 0.717) is 11.7 Å². The Labute approximate surface area is 140 Å². The molecule has 1 aromatic rings. The van der Waals surface area contributed by atoms with Gasteiger partial charge in [0, 0.05) is 18.2 Å². The largest absolute Gasteiger partial charge is 0.497 e. The predicted molar refractivity (Wildman–Crippen MR) is 93.2 cm³/mol. The monoisotopic (exact) mass is 322 g/mol. The van der Waals surface area contributed by atoms with E-state index < -0.39 is 0 Å². The Balaban J connectivity index is 2.77. The summed E-state index contributed by atoms with van der Waals surface area (Å²) >= 11 is 0. The Bertz CT molecular complexity index is 491. The van der Waals surface area contributed by atoms with Crippen LogP contribution in [0.4, 0.5) is 0 Å². The molecule has 0 radical (unpaired) electrons. The van der Waals surface area contributed by atoms with E-state index in [4.69, 9.17) is 9.47 Å². The maximum Gasteiger partial charge on any atom is 0.224 e. The summed E-state index contributed by atoms with van der Waals surface area (Å²) in [5, 5.41) is 3.14. The third-order valence-electron chi connectivity index (χ3n) is 3.55.